The Morgan fingerprint density at radius 3 is 1.90 bits per heavy atom. The summed E-state index contributed by atoms with van der Waals surface area (Å²) in [5, 5.41) is 2.79. The topological polar surface area (TPSA) is 283 Å². The standard InChI is InChI=1S/C30H49N5O13/c1-42-23-17(13-40)30(46-21(9-32)26(23)43-2)47-24-18(33)8-19(35-28(41)14(10-37)4-6-31)25(27(24)44-3)48-29-16(12-39)22(34)15(11-38)20(45-29)5-7-36/h7,10-27,29-30H,4-6,8-9,31-34H2,1-3H3,(H,35,41)/t14?,15-,16+,17?,18+,19-,20?,21-,22?,23?,24?,25+,26-,27?,29-,30-/m1/s1. The molecule has 3 rings (SSSR count). The molecule has 3 fully saturated rings. The summed E-state index contributed by atoms with van der Waals surface area (Å²) in [5.41, 5.74) is 24.5. The molecule has 0 aromatic heterocycles. The predicted octanol–water partition coefficient (Wildman–Crippen LogP) is -4.05. The van der Waals surface area contributed by atoms with Gasteiger partial charge in [0, 0.05) is 46.4 Å². The van der Waals surface area contributed by atoms with Crippen LogP contribution in [0.25, 0.3) is 0 Å². The molecule has 0 radical (unpaired) electrons. The predicted molar refractivity (Wildman–Crippen MR) is 164 cm³/mol. The second-order valence-corrected chi connectivity index (χ2v) is 12.1. The highest BCUT2D eigenvalue weighted by Crippen LogP contribution is 2.37. The Labute approximate surface area is 278 Å². The highest BCUT2D eigenvalue weighted by atomic mass is 16.7. The van der Waals surface area contributed by atoms with E-state index >= 15 is 0 Å². The number of methoxy groups -OCH3 is 3. The molecule has 7 unspecified atom stereocenters. The molecule has 0 aromatic rings. The van der Waals surface area contributed by atoms with E-state index in [1.54, 1.807) is 0 Å². The molecule has 2 aliphatic heterocycles. The Bertz CT molecular complexity index is 1090. The third-order valence-corrected chi connectivity index (χ3v) is 9.36. The number of hydrogen-bond donors (Lipinski definition) is 5. The zero-order chi connectivity index (χ0) is 35.5. The van der Waals surface area contributed by atoms with Crippen LogP contribution < -0.4 is 28.3 Å². The lowest BCUT2D eigenvalue weighted by Gasteiger charge is -2.50. The molecular formula is C30H49N5O13. The Morgan fingerprint density at radius 2 is 1.38 bits per heavy atom. The monoisotopic (exact) mass is 687 g/mol. The number of aldehydes is 5. The van der Waals surface area contributed by atoms with Crippen LogP contribution in [0.4, 0.5) is 0 Å². The Kier molecular flexibility index (Phi) is 15.7. The van der Waals surface area contributed by atoms with E-state index in [4.69, 9.17) is 56.1 Å². The molecule has 1 aliphatic carbocycles. The van der Waals surface area contributed by atoms with Gasteiger partial charge in [-0.25, -0.2) is 0 Å². The normalized spacial score (nSPS) is 40.7. The van der Waals surface area contributed by atoms with Gasteiger partial charge in [0.05, 0.1) is 35.8 Å². The van der Waals surface area contributed by atoms with Gasteiger partial charge in [0.2, 0.25) is 5.91 Å². The SMILES string of the molecule is COC1C(O[C@H]2O[C@H](CN)[C@@H](OC)C(OC)C2C=O)[C@@H](N)C[C@@H](NC(=O)C(C=O)CCN)[C@@H]1O[C@H]1OC(CC=O)[C@@H](C=O)C(N)[C@@H]1C=O. The fraction of sp³-hybridized carbons (Fsp3) is 0.800. The molecule has 2 heterocycles. The third-order valence-electron chi connectivity index (χ3n) is 9.36. The molecule has 0 spiro atoms. The molecule has 16 atom stereocenters. The number of rotatable bonds is 18. The van der Waals surface area contributed by atoms with Gasteiger partial charge in [-0.2, -0.15) is 0 Å². The number of carbonyl (C=O) groups excluding carboxylic acids is 6. The first kappa shape index (κ1) is 39.8. The summed E-state index contributed by atoms with van der Waals surface area (Å²) >= 11 is 0. The number of carbonyl (C=O) groups is 6. The van der Waals surface area contributed by atoms with Gasteiger partial charge < -0.3 is 85.4 Å². The molecular weight excluding hydrogens is 638 g/mol. The Hall–Kier alpha value is -2.62. The summed E-state index contributed by atoms with van der Waals surface area (Å²) in [4.78, 5) is 72.8. The summed E-state index contributed by atoms with van der Waals surface area (Å²) in [6.45, 7) is 0.0721. The molecule has 0 aromatic carbocycles. The van der Waals surface area contributed by atoms with Crippen molar-refractivity contribution in [2.45, 2.75) is 92.7 Å². The molecule has 9 N–H and O–H groups in total. The zero-order valence-electron chi connectivity index (χ0n) is 27.3. The van der Waals surface area contributed by atoms with Gasteiger partial charge in [0.15, 0.2) is 12.6 Å². The Balaban J connectivity index is 2.01. The van der Waals surface area contributed by atoms with Crippen molar-refractivity contribution in [2.24, 2.45) is 46.6 Å². The molecule has 18 heteroatoms. The maximum absolute atomic E-state index is 13.2. The van der Waals surface area contributed by atoms with E-state index in [1.165, 1.54) is 21.3 Å². The van der Waals surface area contributed by atoms with Crippen LogP contribution in [0, 0.1) is 23.7 Å². The molecule has 2 saturated heterocycles. The summed E-state index contributed by atoms with van der Waals surface area (Å²) < 4.78 is 41.8. The van der Waals surface area contributed by atoms with Crippen LogP contribution in [0.3, 0.4) is 0 Å². The fourth-order valence-corrected chi connectivity index (χ4v) is 6.78. The van der Waals surface area contributed by atoms with Crippen molar-refractivity contribution in [3.05, 3.63) is 0 Å². The van der Waals surface area contributed by atoms with Crippen LogP contribution in [0.1, 0.15) is 19.3 Å². The number of hydrogen-bond acceptors (Lipinski definition) is 17. The molecule has 272 valence electrons. The van der Waals surface area contributed by atoms with Crippen LogP contribution in [-0.2, 0) is 61.9 Å². The number of nitrogens with two attached hydrogens (primary N) is 4. The van der Waals surface area contributed by atoms with Crippen molar-refractivity contribution >= 4 is 37.3 Å². The van der Waals surface area contributed by atoms with Gasteiger partial charge in [-0.15, -0.1) is 0 Å². The smallest absolute Gasteiger partial charge is 0.230 e. The molecule has 1 saturated carbocycles. The number of amides is 1. The molecule has 18 nitrogen and oxygen atoms in total. The third kappa shape index (κ3) is 8.56. The van der Waals surface area contributed by atoms with Gasteiger partial charge in [0.25, 0.3) is 0 Å². The van der Waals surface area contributed by atoms with Crippen molar-refractivity contribution in [3.8, 4) is 0 Å². The summed E-state index contributed by atoms with van der Waals surface area (Å²) in [5.74, 6) is -4.88. The fourth-order valence-electron chi connectivity index (χ4n) is 6.78. The number of nitrogens with one attached hydrogen (secondary N) is 1. The average molecular weight is 688 g/mol. The van der Waals surface area contributed by atoms with Crippen LogP contribution in [0.2, 0.25) is 0 Å². The van der Waals surface area contributed by atoms with Crippen molar-refractivity contribution in [1.82, 2.24) is 5.32 Å². The van der Waals surface area contributed by atoms with E-state index < -0.39 is 103 Å². The zero-order valence-corrected chi connectivity index (χ0v) is 27.3. The van der Waals surface area contributed by atoms with E-state index in [9.17, 15) is 28.8 Å². The summed E-state index contributed by atoms with van der Waals surface area (Å²) in [7, 11) is 4.18. The molecule has 1 amide bonds. The first-order chi connectivity index (χ1) is 23.1. The van der Waals surface area contributed by atoms with Crippen LogP contribution >= 0.6 is 0 Å². The maximum Gasteiger partial charge on any atom is 0.230 e. The van der Waals surface area contributed by atoms with Crippen LogP contribution in [0.15, 0.2) is 0 Å². The molecule has 0 bridgehead atoms. The highest BCUT2D eigenvalue weighted by molar-refractivity contribution is 5.91. The lowest BCUT2D eigenvalue weighted by atomic mass is 9.81. The second kappa shape index (κ2) is 19.0. The molecule has 3 aliphatic rings. The first-order valence-corrected chi connectivity index (χ1v) is 15.8. The van der Waals surface area contributed by atoms with Crippen molar-refractivity contribution in [2.75, 3.05) is 34.4 Å². The van der Waals surface area contributed by atoms with E-state index in [0.29, 0.717) is 31.4 Å². The minimum atomic E-state index is -1.41. The van der Waals surface area contributed by atoms with E-state index in [2.05, 4.69) is 5.32 Å². The first-order valence-electron chi connectivity index (χ1n) is 15.8. The summed E-state index contributed by atoms with van der Waals surface area (Å²) in [6, 6.07) is -2.90. The second-order valence-electron chi connectivity index (χ2n) is 12.1. The van der Waals surface area contributed by atoms with E-state index in [0.717, 1.165) is 0 Å². The van der Waals surface area contributed by atoms with Crippen LogP contribution in [-0.4, -0.2) is 145 Å². The lowest BCUT2D eigenvalue weighted by Crippen LogP contribution is -2.68. The van der Waals surface area contributed by atoms with Crippen LogP contribution in [0.5, 0.6) is 0 Å². The Morgan fingerprint density at radius 1 is 0.792 bits per heavy atom. The quantitative estimate of drug-likeness (QED) is 0.0677. The molecule has 48 heavy (non-hydrogen) atoms. The summed E-state index contributed by atoms with van der Waals surface area (Å²) in [6.07, 6.45) is -6.74. The van der Waals surface area contributed by atoms with E-state index in [1.807, 2.05) is 0 Å². The minimum Gasteiger partial charge on any atom is -0.378 e. The van der Waals surface area contributed by atoms with Crippen molar-refractivity contribution < 1.29 is 61.9 Å². The van der Waals surface area contributed by atoms with Crippen molar-refractivity contribution in [1.29, 1.82) is 0 Å². The van der Waals surface area contributed by atoms with Gasteiger partial charge in [-0.1, -0.05) is 0 Å². The highest BCUT2D eigenvalue weighted by Gasteiger charge is 2.54. The van der Waals surface area contributed by atoms with E-state index in [-0.39, 0.29) is 32.4 Å². The van der Waals surface area contributed by atoms with Crippen molar-refractivity contribution in [3.63, 3.8) is 0 Å². The van der Waals surface area contributed by atoms with Gasteiger partial charge in [0.1, 0.15) is 68.1 Å². The van der Waals surface area contributed by atoms with Gasteiger partial charge in [-0.3, -0.25) is 4.79 Å². The van der Waals surface area contributed by atoms with Gasteiger partial charge >= 0.3 is 0 Å². The van der Waals surface area contributed by atoms with Gasteiger partial charge in [-0.05, 0) is 19.4 Å². The largest absolute Gasteiger partial charge is 0.378 e. The lowest BCUT2D eigenvalue weighted by molar-refractivity contribution is -0.316. The average Bonchev–Trinajstić information content (AvgIpc) is 3.08. The minimum absolute atomic E-state index is 0.00483. The maximum atomic E-state index is 13.2. The number of ether oxygens (including phenoxy) is 7.